The third-order valence-corrected chi connectivity index (χ3v) is 2.90. The predicted octanol–water partition coefficient (Wildman–Crippen LogP) is 4.12. The molecule has 6 heteroatoms. The zero-order valence-electron chi connectivity index (χ0n) is 9.55. The molecule has 2 heterocycles. The lowest BCUT2D eigenvalue weighted by molar-refractivity contribution is 0.460. The topological polar surface area (TPSA) is 47.9 Å². The fourth-order valence-electron chi connectivity index (χ4n) is 1.62. The molecule has 0 saturated carbocycles. The smallest absolute Gasteiger partial charge is 0.242 e. The molecule has 3 rings (SSSR count). The molecule has 19 heavy (non-hydrogen) atoms. The summed E-state index contributed by atoms with van der Waals surface area (Å²) in [7, 11) is 0. The van der Waals surface area contributed by atoms with Crippen LogP contribution in [-0.4, -0.2) is 15.0 Å². The number of aromatic nitrogens is 3. The lowest BCUT2D eigenvalue weighted by Crippen LogP contribution is -1.92. The highest BCUT2D eigenvalue weighted by Crippen LogP contribution is 2.28. The Morgan fingerprint density at radius 3 is 2.74 bits per heavy atom. The minimum absolute atomic E-state index is 0.0770. The van der Waals surface area contributed by atoms with E-state index in [9.17, 15) is 0 Å². The van der Waals surface area contributed by atoms with Gasteiger partial charge in [0.2, 0.25) is 11.2 Å². The molecule has 4 nitrogen and oxygen atoms in total. The third-order valence-electron chi connectivity index (χ3n) is 2.46. The molecule has 0 spiro atoms. The maximum absolute atomic E-state index is 5.94. The van der Waals surface area contributed by atoms with Crippen molar-refractivity contribution in [1.82, 2.24) is 15.0 Å². The molecule has 0 N–H and O–H groups in total. The van der Waals surface area contributed by atoms with Crippen LogP contribution in [-0.2, 0) is 0 Å². The van der Waals surface area contributed by atoms with E-state index in [4.69, 9.17) is 27.9 Å². The first-order valence-corrected chi connectivity index (χ1v) is 6.19. The van der Waals surface area contributed by atoms with E-state index in [1.807, 2.05) is 30.3 Å². The highest BCUT2D eigenvalue weighted by molar-refractivity contribution is 6.32. The van der Waals surface area contributed by atoms with E-state index in [1.165, 1.54) is 6.20 Å². The molecule has 2 aromatic heterocycles. The van der Waals surface area contributed by atoms with Crippen LogP contribution in [0.4, 0.5) is 0 Å². The van der Waals surface area contributed by atoms with Gasteiger partial charge in [0.25, 0.3) is 0 Å². The molecule has 0 aliphatic heterocycles. The summed E-state index contributed by atoms with van der Waals surface area (Å²) in [4.78, 5) is 12.0. The number of rotatable bonds is 2. The predicted molar refractivity (Wildman–Crippen MR) is 73.9 cm³/mol. The van der Waals surface area contributed by atoms with E-state index < -0.39 is 0 Å². The standard InChI is InChI=1S/C13H7Cl2N3O/c14-10-7-17-13(15)18-12(10)19-9-5-8-3-1-2-4-11(8)16-6-9/h1-7H. The van der Waals surface area contributed by atoms with Gasteiger partial charge in [-0.3, -0.25) is 4.98 Å². The largest absolute Gasteiger partial charge is 0.436 e. The molecule has 1 aromatic carbocycles. The lowest BCUT2D eigenvalue weighted by Gasteiger charge is -2.06. The maximum Gasteiger partial charge on any atom is 0.242 e. The van der Waals surface area contributed by atoms with Gasteiger partial charge in [-0.2, -0.15) is 4.98 Å². The first-order chi connectivity index (χ1) is 9.22. The fraction of sp³-hybridized carbons (Fsp3) is 0. The van der Waals surface area contributed by atoms with E-state index in [0.717, 1.165) is 10.9 Å². The molecule has 0 atom stereocenters. The molecule has 0 aliphatic rings. The monoisotopic (exact) mass is 291 g/mol. The van der Waals surface area contributed by atoms with Gasteiger partial charge in [-0.15, -0.1) is 0 Å². The first kappa shape index (κ1) is 12.1. The van der Waals surface area contributed by atoms with Crippen LogP contribution < -0.4 is 4.74 Å². The molecule has 0 unspecified atom stereocenters. The number of benzene rings is 1. The number of fused-ring (bicyclic) bond motifs is 1. The van der Waals surface area contributed by atoms with Crippen molar-refractivity contribution in [3.05, 3.63) is 53.0 Å². The average molecular weight is 292 g/mol. The van der Waals surface area contributed by atoms with Gasteiger partial charge in [0.15, 0.2) is 0 Å². The molecule has 0 bridgehead atoms. The van der Waals surface area contributed by atoms with Gasteiger partial charge in [0.05, 0.1) is 17.9 Å². The summed E-state index contributed by atoms with van der Waals surface area (Å²) in [5.41, 5.74) is 0.890. The molecule has 0 radical (unpaired) electrons. The molecule has 0 aliphatic carbocycles. The number of ether oxygens (including phenoxy) is 1. The highest BCUT2D eigenvalue weighted by atomic mass is 35.5. The molecule has 0 saturated heterocycles. The zero-order chi connectivity index (χ0) is 13.2. The van der Waals surface area contributed by atoms with Crippen molar-refractivity contribution >= 4 is 34.1 Å². The minimum Gasteiger partial charge on any atom is -0.436 e. The third kappa shape index (κ3) is 2.59. The number of hydrogen-bond donors (Lipinski definition) is 0. The lowest BCUT2D eigenvalue weighted by atomic mass is 10.2. The van der Waals surface area contributed by atoms with E-state index in [0.29, 0.717) is 5.75 Å². The molecule has 94 valence electrons. The van der Waals surface area contributed by atoms with Crippen molar-refractivity contribution < 1.29 is 4.74 Å². The Kier molecular flexibility index (Phi) is 3.19. The Labute approximate surface area is 119 Å². The van der Waals surface area contributed by atoms with Crippen LogP contribution in [0.15, 0.2) is 42.7 Å². The van der Waals surface area contributed by atoms with Gasteiger partial charge in [-0.25, -0.2) is 4.98 Å². The van der Waals surface area contributed by atoms with Crippen molar-refractivity contribution in [2.45, 2.75) is 0 Å². The normalized spacial score (nSPS) is 10.6. The van der Waals surface area contributed by atoms with Crippen molar-refractivity contribution in [3.8, 4) is 11.6 Å². The number of para-hydroxylation sites is 1. The summed E-state index contributed by atoms with van der Waals surface area (Å²) in [6, 6.07) is 9.59. The van der Waals surface area contributed by atoms with Gasteiger partial charge in [0, 0.05) is 5.39 Å². The number of halogens is 2. The van der Waals surface area contributed by atoms with Gasteiger partial charge in [0.1, 0.15) is 10.8 Å². The molecule has 3 aromatic rings. The van der Waals surface area contributed by atoms with Crippen molar-refractivity contribution in [2.75, 3.05) is 0 Å². The van der Waals surface area contributed by atoms with Crippen LogP contribution in [0.25, 0.3) is 10.9 Å². The van der Waals surface area contributed by atoms with Crippen LogP contribution in [0, 0.1) is 0 Å². The van der Waals surface area contributed by atoms with Crippen molar-refractivity contribution in [3.63, 3.8) is 0 Å². The Morgan fingerprint density at radius 1 is 1.00 bits per heavy atom. The average Bonchev–Trinajstić information content (AvgIpc) is 2.43. The molecular weight excluding hydrogens is 285 g/mol. The van der Waals surface area contributed by atoms with E-state index in [2.05, 4.69) is 15.0 Å². The Balaban J connectivity index is 1.98. The first-order valence-electron chi connectivity index (χ1n) is 5.43. The number of hydrogen-bond acceptors (Lipinski definition) is 4. The summed E-state index contributed by atoms with van der Waals surface area (Å²) in [6.45, 7) is 0. The van der Waals surface area contributed by atoms with Crippen LogP contribution in [0.3, 0.4) is 0 Å². The summed E-state index contributed by atoms with van der Waals surface area (Å²) >= 11 is 11.6. The van der Waals surface area contributed by atoms with Crippen LogP contribution in [0.1, 0.15) is 0 Å². The van der Waals surface area contributed by atoms with Gasteiger partial charge in [-0.05, 0) is 23.7 Å². The SMILES string of the molecule is Clc1ncc(Cl)c(Oc2cnc3ccccc3c2)n1. The summed E-state index contributed by atoms with van der Waals surface area (Å²) in [5.74, 6) is 0.745. The van der Waals surface area contributed by atoms with E-state index >= 15 is 0 Å². The van der Waals surface area contributed by atoms with Gasteiger partial charge >= 0.3 is 0 Å². The van der Waals surface area contributed by atoms with Crippen molar-refractivity contribution in [2.24, 2.45) is 0 Å². The zero-order valence-corrected chi connectivity index (χ0v) is 11.1. The Hall–Kier alpha value is -1.91. The van der Waals surface area contributed by atoms with E-state index in [-0.39, 0.29) is 16.2 Å². The van der Waals surface area contributed by atoms with Gasteiger partial charge < -0.3 is 4.74 Å². The molecule has 0 fully saturated rings. The highest BCUT2D eigenvalue weighted by Gasteiger charge is 2.07. The second-order valence-electron chi connectivity index (χ2n) is 3.76. The van der Waals surface area contributed by atoms with Crippen LogP contribution in [0.2, 0.25) is 10.3 Å². The summed E-state index contributed by atoms with van der Waals surface area (Å²) in [5, 5.41) is 1.34. The Morgan fingerprint density at radius 2 is 1.84 bits per heavy atom. The minimum atomic E-state index is 0.0770. The van der Waals surface area contributed by atoms with Crippen molar-refractivity contribution in [1.29, 1.82) is 0 Å². The second-order valence-corrected chi connectivity index (χ2v) is 4.50. The summed E-state index contributed by atoms with van der Waals surface area (Å²) < 4.78 is 5.57. The number of nitrogens with zero attached hydrogens (tertiary/aromatic N) is 3. The van der Waals surface area contributed by atoms with E-state index in [1.54, 1.807) is 6.20 Å². The quantitative estimate of drug-likeness (QED) is 0.666. The van der Waals surface area contributed by atoms with Crippen LogP contribution >= 0.6 is 23.2 Å². The fourth-order valence-corrected chi connectivity index (χ4v) is 1.88. The number of pyridine rings is 1. The molecule has 0 amide bonds. The maximum atomic E-state index is 5.94. The second kappa shape index (κ2) is 4.99. The summed E-state index contributed by atoms with van der Waals surface area (Å²) in [6.07, 6.45) is 3.00. The molecular formula is C13H7Cl2N3O. The Bertz CT molecular complexity index is 749. The van der Waals surface area contributed by atoms with Gasteiger partial charge in [-0.1, -0.05) is 29.8 Å². The van der Waals surface area contributed by atoms with Crippen LogP contribution in [0.5, 0.6) is 11.6 Å².